The maximum atomic E-state index is 12.6. The molecule has 0 bridgehead atoms. The number of aliphatic hydroxyl groups is 4. The van der Waals surface area contributed by atoms with Gasteiger partial charge in [0.15, 0.2) is 0 Å². The monoisotopic (exact) mass is 1040 g/mol. The van der Waals surface area contributed by atoms with Crippen molar-refractivity contribution in [1.82, 2.24) is 20.9 Å². The van der Waals surface area contributed by atoms with E-state index in [4.69, 9.17) is 40.0 Å². The minimum atomic E-state index is -2.51. The van der Waals surface area contributed by atoms with Crippen molar-refractivity contribution < 1.29 is 82.7 Å². The van der Waals surface area contributed by atoms with Gasteiger partial charge >= 0.3 is 5.97 Å². The van der Waals surface area contributed by atoms with Crippen molar-refractivity contribution >= 4 is 58.5 Å². The number of carbonyl (C=O) groups excluding carboxylic acids is 5. The third-order valence-corrected chi connectivity index (χ3v) is 11.5. The first-order valence-electron chi connectivity index (χ1n) is 23.5. The van der Waals surface area contributed by atoms with Crippen LogP contribution in [0.1, 0.15) is 44.1 Å². The average molecular weight is 1040 g/mol. The van der Waals surface area contributed by atoms with Gasteiger partial charge in [-0.05, 0) is 30.5 Å². The van der Waals surface area contributed by atoms with Gasteiger partial charge in [0, 0.05) is 62.7 Å². The smallest absolute Gasteiger partial charge is 0.364 e. The zero-order valence-electron chi connectivity index (χ0n) is 39.7. The van der Waals surface area contributed by atoms with E-state index in [1.165, 1.54) is 0 Å². The molecule has 2 aliphatic rings. The first kappa shape index (κ1) is 59.1. The lowest BCUT2D eigenvalue weighted by atomic mass is 9.88. The number of unbranched alkanes of at least 4 members (excludes halogenated alkanes) is 3. The average Bonchev–Trinajstić information content (AvgIpc) is 3.69. The molecule has 2 heterocycles. The molecular weight excluding hydrogens is 976 g/mol. The van der Waals surface area contributed by atoms with Crippen LogP contribution < -0.4 is 37.4 Å². The SMILES string of the molecule is O=C(CCN1C(=O)C=CC1=O)NCCOCCOCCOCCOCCNc1c(NCCCCCCO[C@]2(C(=O)O)C[C@H](O)[C@@H](NC(=O)CO)[C@H]([C@H](O)[C@H](O)CNC(=O)Cc3ccc(Cl)cc3)O2)c(=O)c1=O. The van der Waals surface area contributed by atoms with Crippen LogP contribution in [-0.2, 0) is 63.6 Å². The van der Waals surface area contributed by atoms with E-state index in [0.29, 0.717) is 75.8 Å². The van der Waals surface area contributed by atoms with Crippen LogP contribution in [0, 0.1) is 0 Å². The van der Waals surface area contributed by atoms with E-state index in [-0.39, 0.29) is 76.2 Å². The number of benzene rings is 1. The first-order chi connectivity index (χ1) is 34.6. The van der Waals surface area contributed by atoms with Gasteiger partial charge in [-0.1, -0.05) is 36.6 Å². The predicted octanol–water partition coefficient (Wildman–Crippen LogP) is -2.68. The first-order valence-corrected chi connectivity index (χ1v) is 23.9. The molecule has 0 spiro atoms. The minimum Gasteiger partial charge on any atom is -0.477 e. The summed E-state index contributed by atoms with van der Waals surface area (Å²) in [7, 11) is 0. The fraction of sp³-hybridized carbons (Fsp3) is 0.609. The summed E-state index contributed by atoms with van der Waals surface area (Å²) in [6, 6.07) is 4.97. The van der Waals surface area contributed by atoms with Crippen molar-refractivity contribution in [2.75, 3.05) is 109 Å². The number of anilines is 2. The van der Waals surface area contributed by atoms with Crippen LogP contribution in [0.4, 0.5) is 11.4 Å². The highest BCUT2D eigenvalue weighted by Crippen LogP contribution is 2.34. The molecule has 1 fully saturated rings. The Balaban J connectivity index is 1.04. The maximum Gasteiger partial charge on any atom is 0.364 e. The highest BCUT2D eigenvalue weighted by Gasteiger charge is 2.55. The Labute approximate surface area is 419 Å². The predicted molar refractivity (Wildman–Crippen MR) is 255 cm³/mol. The number of carbonyl (C=O) groups is 6. The molecule has 1 saturated heterocycles. The van der Waals surface area contributed by atoms with E-state index in [1.807, 2.05) is 0 Å². The van der Waals surface area contributed by atoms with E-state index in [9.17, 15) is 63.9 Å². The van der Waals surface area contributed by atoms with Crippen LogP contribution in [0.3, 0.4) is 0 Å². The molecule has 0 unspecified atom stereocenters. The van der Waals surface area contributed by atoms with E-state index in [0.717, 1.165) is 17.1 Å². The number of amides is 5. The van der Waals surface area contributed by atoms with Crippen LogP contribution in [0.2, 0.25) is 5.02 Å². The lowest BCUT2D eigenvalue weighted by Gasteiger charge is -2.46. The second-order valence-electron chi connectivity index (χ2n) is 16.6. The van der Waals surface area contributed by atoms with Crippen LogP contribution >= 0.6 is 11.6 Å². The number of halogens is 1. The summed E-state index contributed by atoms with van der Waals surface area (Å²) in [5.74, 6) is -6.83. The van der Waals surface area contributed by atoms with E-state index >= 15 is 0 Å². The van der Waals surface area contributed by atoms with Gasteiger partial charge in [0.2, 0.25) is 17.7 Å². The topological polar surface area (TPSA) is 356 Å². The fourth-order valence-corrected chi connectivity index (χ4v) is 7.47. The number of hydrogen-bond acceptors (Lipinski definition) is 20. The molecule has 26 heteroatoms. The van der Waals surface area contributed by atoms with Gasteiger partial charge in [-0.25, -0.2) is 4.79 Å². The van der Waals surface area contributed by atoms with Crippen molar-refractivity contribution in [1.29, 1.82) is 0 Å². The summed E-state index contributed by atoms with van der Waals surface area (Å²) < 4.78 is 33.2. The van der Waals surface area contributed by atoms with E-state index < -0.39 is 96.3 Å². The van der Waals surface area contributed by atoms with Gasteiger partial charge in [0.1, 0.15) is 30.2 Å². The molecule has 0 aromatic heterocycles. The standard InChI is InChI=1S/C46H65ClN6O19/c47-30-7-5-29(6-8-30)25-34(58)51-27-32(56)41(62)44-38(52-35(59)28-54)31(55)26-46(72-44,45(65)66)71-16-4-2-1-3-12-49-39-40(43(64)42(39)63)50-14-18-68-20-22-70-24-23-69-21-19-67-17-13-48-33(57)11-15-53-36(60)9-10-37(53)61/h5-10,31-32,38,41,44,49-50,54-56,62H,1-4,11-28H2,(H,48,57)(H,51,58)(H,52,59)(H,65,66)/t31-,32+,38+,41+,44+,46+/m0/s1. The number of rotatable bonds is 37. The van der Waals surface area contributed by atoms with Crippen molar-refractivity contribution in [3.05, 3.63) is 67.5 Å². The number of carboxylic acids is 1. The molecule has 2 aromatic carbocycles. The largest absolute Gasteiger partial charge is 0.477 e. The lowest BCUT2D eigenvalue weighted by Crippen LogP contribution is -2.68. The second-order valence-corrected chi connectivity index (χ2v) is 17.0. The van der Waals surface area contributed by atoms with Crippen molar-refractivity contribution in [2.24, 2.45) is 0 Å². The number of imide groups is 1. The van der Waals surface area contributed by atoms with Crippen LogP contribution in [0.5, 0.6) is 0 Å². The number of aliphatic carboxylic acids is 1. The second kappa shape index (κ2) is 31.2. The number of nitrogens with zero attached hydrogens (tertiary/aromatic N) is 1. The van der Waals surface area contributed by atoms with Crippen LogP contribution in [0.15, 0.2) is 46.0 Å². The number of aliphatic hydroxyl groups excluding tert-OH is 4. The van der Waals surface area contributed by atoms with Crippen LogP contribution in [0.25, 0.3) is 0 Å². The Morgan fingerprint density at radius 1 is 0.736 bits per heavy atom. The molecule has 2 aliphatic heterocycles. The third-order valence-electron chi connectivity index (χ3n) is 11.2. The quantitative estimate of drug-likeness (QED) is 0.0187. The lowest BCUT2D eigenvalue weighted by molar-refractivity contribution is -0.310. The Kier molecular flexibility index (Phi) is 25.6. The highest BCUT2D eigenvalue weighted by molar-refractivity contribution is 6.30. The van der Waals surface area contributed by atoms with Crippen molar-refractivity contribution in [3.63, 3.8) is 0 Å². The zero-order valence-corrected chi connectivity index (χ0v) is 40.4. The summed E-state index contributed by atoms with van der Waals surface area (Å²) in [5, 5.41) is 66.2. The van der Waals surface area contributed by atoms with Gasteiger partial charge in [-0.2, -0.15) is 0 Å². The summed E-state index contributed by atoms with van der Waals surface area (Å²) in [5.41, 5.74) is -0.364. The van der Waals surface area contributed by atoms with Gasteiger partial charge in [-0.15, -0.1) is 0 Å². The van der Waals surface area contributed by atoms with Gasteiger partial charge in [-0.3, -0.25) is 38.5 Å². The summed E-state index contributed by atoms with van der Waals surface area (Å²) in [6.07, 6.45) is -3.65. The molecule has 10 N–H and O–H groups in total. The number of nitrogens with one attached hydrogen (secondary N) is 5. The summed E-state index contributed by atoms with van der Waals surface area (Å²) in [6.45, 7) is 1.53. The molecule has 4 rings (SSSR count). The number of carboxylic acid groups (broad SMARTS) is 1. The van der Waals surface area contributed by atoms with Crippen molar-refractivity contribution in [2.45, 2.75) is 81.2 Å². The Morgan fingerprint density at radius 2 is 1.31 bits per heavy atom. The Bertz CT molecular complexity index is 2160. The van der Waals surface area contributed by atoms with E-state index in [1.54, 1.807) is 24.3 Å². The van der Waals surface area contributed by atoms with Gasteiger partial charge in [0.25, 0.3) is 28.5 Å². The highest BCUT2D eigenvalue weighted by atomic mass is 35.5. The van der Waals surface area contributed by atoms with E-state index in [2.05, 4.69) is 26.6 Å². The molecular formula is C46H65ClN6O19. The third kappa shape index (κ3) is 19.2. The molecule has 400 valence electrons. The molecule has 2 aromatic rings. The van der Waals surface area contributed by atoms with Gasteiger partial charge in [0.05, 0.1) is 84.1 Å². The summed E-state index contributed by atoms with van der Waals surface area (Å²) in [4.78, 5) is 97.5. The van der Waals surface area contributed by atoms with Crippen LogP contribution in [-0.4, -0.2) is 201 Å². The molecule has 6 atom stereocenters. The normalized spacial score (nSPS) is 19.6. The van der Waals surface area contributed by atoms with Crippen molar-refractivity contribution in [3.8, 4) is 0 Å². The zero-order chi connectivity index (χ0) is 52.5. The molecule has 5 amide bonds. The Hall–Kier alpha value is -5.45. The minimum absolute atomic E-state index is 0.00221. The number of hydrogen-bond donors (Lipinski definition) is 10. The maximum absolute atomic E-state index is 12.6. The summed E-state index contributed by atoms with van der Waals surface area (Å²) >= 11 is 5.88. The molecule has 72 heavy (non-hydrogen) atoms. The fourth-order valence-electron chi connectivity index (χ4n) is 7.34. The number of ether oxygens (including phenoxy) is 6. The Morgan fingerprint density at radius 3 is 1.90 bits per heavy atom. The van der Waals surface area contributed by atoms with Gasteiger partial charge < -0.3 is 80.5 Å². The molecule has 0 radical (unpaired) electrons. The molecule has 0 aliphatic carbocycles. The molecule has 0 saturated carbocycles. The molecule has 25 nitrogen and oxygen atoms in total.